The second-order valence-electron chi connectivity index (χ2n) is 9.88. The molecule has 5 nitrogen and oxygen atoms in total. The SMILES string of the molecule is CCOc1c(C=Nc2sc3c(c2C(=O)Nc2ccccc2)CC[C@@H](C(C)(C)C)C3)cccc1OC. The highest BCUT2D eigenvalue weighted by molar-refractivity contribution is 7.16. The lowest BCUT2D eigenvalue weighted by molar-refractivity contribution is 0.102. The summed E-state index contributed by atoms with van der Waals surface area (Å²) in [5.41, 5.74) is 3.66. The van der Waals surface area contributed by atoms with E-state index in [0.29, 0.717) is 29.6 Å². The number of para-hydroxylation sites is 2. The summed E-state index contributed by atoms with van der Waals surface area (Å²) >= 11 is 1.64. The number of fused-ring (bicyclic) bond motifs is 1. The van der Waals surface area contributed by atoms with Crippen molar-refractivity contribution in [3.05, 3.63) is 70.1 Å². The normalized spacial score (nSPS) is 15.6. The van der Waals surface area contributed by atoms with Crippen LogP contribution >= 0.6 is 11.3 Å². The van der Waals surface area contributed by atoms with Gasteiger partial charge in [-0.2, -0.15) is 0 Å². The van der Waals surface area contributed by atoms with Crippen LogP contribution in [0, 0.1) is 11.3 Å². The average Bonchev–Trinajstić information content (AvgIpc) is 3.21. The van der Waals surface area contributed by atoms with Gasteiger partial charge in [-0.05, 0) is 67.3 Å². The molecule has 1 amide bonds. The van der Waals surface area contributed by atoms with Gasteiger partial charge >= 0.3 is 0 Å². The molecule has 1 heterocycles. The molecule has 0 saturated heterocycles. The van der Waals surface area contributed by atoms with Crippen molar-refractivity contribution in [1.29, 1.82) is 0 Å². The van der Waals surface area contributed by atoms with Crippen LogP contribution in [0.3, 0.4) is 0 Å². The molecule has 0 aliphatic heterocycles. The fourth-order valence-electron chi connectivity index (χ4n) is 4.57. The molecule has 1 aromatic heterocycles. The third-order valence-electron chi connectivity index (χ3n) is 6.57. The number of benzene rings is 2. The molecule has 0 fully saturated rings. The van der Waals surface area contributed by atoms with E-state index in [2.05, 4.69) is 26.1 Å². The van der Waals surface area contributed by atoms with Gasteiger partial charge in [0.15, 0.2) is 11.5 Å². The topological polar surface area (TPSA) is 59.9 Å². The monoisotopic (exact) mass is 490 g/mol. The van der Waals surface area contributed by atoms with Crippen LogP contribution in [0.25, 0.3) is 0 Å². The predicted octanol–water partition coefficient (Wildman–Crippen LogP) is 7.31. The Morgan fingerprint density at radius 2 is 1.94 bits per heavy atom. The van der Waals surface area contributed by atoms with Crippen LogP contribution in [-0.2, 0) is 12.8 Å². The zero-order valence-corrected chi connectivity index (χ0v) is 22.0. The Labute approximate surface area is 212 Å². The molecule has 2 aromatic carbocycles. The first-order valence-electron chi connectivity index (χ1n) is 12.2. The maximum atomic E-state index is 13.5. The Bertz CT molecular complexity index is 1210. The highest BCUT2D eigenvalue weighted by Crippen LogP contribution is 2.45. The van der Waals surface area contributed by atoms with Crippen LogP contribution in [0.2, 0.25) is 0 Å². The van der Waals surface area contributed by atoms with E-state index >= 15 is 0 Å². The number of ether oxygens (including phenoxy) is 2. The Kier molecular flexibility index (Phi) is 7.60. The summed E-state index contributed by atoms with van der Waals surface area (Å²) in [5.74, 6) is 1.80. The summed E-state index contributed by atoms with van der Waals surface area (Å²) in [5, 5.41) is 3.81. The molecule has 3 aromatic rings. The summed E-state index contributed by atoms with van der Waals surface area (Å²) in [4.78, 5) is 19.6. The third kappa shape index (κ3) is 5.59. The van der Waals surface area contributed by atoms with Crippen LogP contribution in [0.5, 0.6) is 11.5 Å². The number of hydrogen-bond acceptors (Lipinski definition) is 5. The standard InChI is InChI=1S/C29H34N2O3S/c1-6-34-26-19(11-10-14-23(26)33-5)18-30-28-25(27(32)31-21-12-8-7-9-13-21)22-16-15-20(29(2,3)4)17-24(22)35-28/h7-14,18,20H,6,15-17H2,1-5H3,(H,31,32)/t20-/m1/s1. The lowest BCUT2D eigenvalue weighted by Gasteiger charge is -2.33. The van der Waals surface area contributed by atoms with Crippen molar-refractivity contribution in [2.45, 2.75) is 47.0 Å². The molecule has 1 aliphatic rings. The van der Waals surface area contributed by atoms with Crippen molar-refractivity contribution >= 4 is 34.1 Å². The lowest BCUT2D eigenvalue weighted by atomic mass is 9.72. The molecule has 1 aliphatic carbocycles. The van der Waals surface area contributed by atoms with E-state index in [-0.39, 0.29) is 11.3 Å². The van der Waals surface area contributed by atoms with Crippen LogP contribution in [0.1, 0.15) is 60.5 Å². The lowest BCUT2D eigenvalue weighted by Crippen LogP contribution is -2.27. The van der Waals surface area contributed by atoms with Crippen molar-refractivity contribution in [2.24, 2.45) is 16.3 Å². The molecule has 184 valence electrons. The van der Waals surface area contributed by atoms with Crippen LogP contribution < -0.4 is 14.8 Å². The van der Waals surface area contributed by atoms with E-state index in [0.717, 1.165) is 41.1 Å². The van der Waals surface area contributed by atoms with Gasteiger partial charge in [-0.15, -0.1) is 11.3 Å². The molecule has 1 N–H and O–H groups in total. The van der Waals surface area contributed by atoms with E-state index in [1.807, 2.05) is 55.5 Å². The van der Waals surface area contributed by atoms with E-state index < -0.39 is 0 Å². The van der Waals surface area contributed by atoms with Crippen LogP contribution in [0.4, 0.5) is 10.7 Å². The summed E-state index contributed by atoms with van der Waals surface area (Å²) < 4.78 is 11.3. The second kappa shape index (κ2) is 10.6. The number of amides is 1. The zero-order chi connectivity index (χ0) is 25.0. The second-order valence-corrected chi connectivity index (χ2v) is 11.0. The molecule has 0 saturated carbocycles. The Morgan fingerprint density at radius 1 is 1.17 bits per heavy atom. The van der Waals surface area contributed by atoms with Crippen LogP contribution in [0.15, 0.2) is 53.5 Å². The maximum Gasteiger partial charge on any atom is 0.259 e. The first-order valence-corrected chi connectivity index (χ1v) is 13.0. The average molecular weight is 491 g/mol. The van der Waals surface area contributed by atoms with Crippen molar-refractivity contribution in [2.75, 3.05) is 19.0 Å². The van der Waals surface area contributed by atoms with Crippen molar-refractivity contribution < 1.29 is 14.3 Å². The largest absolute Gasteiger partial charge is 0.493 e. The van der Waals surface area contributed by atoms with Gasteiger partial charge in [0.1, 0.15) is 5.00 Å². The fraction of sp³-hybridized carbons (Fsp3) is 0.379. The molecule has 0 unspecified atom stereocenters. The molecule has 1 atom stereocenters. The van der Waals surface area contributed by atoms with Gasteiger partial charge in [0.25, 0.3) is 5.91 Å². The number of thiophene rings is 1. The number of aliphatic imine (C=N–C) groups is 1. The fourth-order valence-corrected chi connectivity index (χ4v) is 5.84. The van der Waals surface area contributed by atoms with Crippen molar-refractivity contribution in [1.82, 2.24) is 0 Å². The molecule has 0 bridgehead atoms. The number of nitrogens with one attached hydrogen (secondary N) is 1. The number of hydrogen-bond donors (Lipinski definition) is 1. The zero-order valence-electron chi connectivity index (χ0n) is 21.2. The molecule has 4 rings (SSSR count). The van der Waals surface area contributed by atoms with Gasteiger partial charge in [0, 0.05) is 22.3 Å². The quantitative estimate of drug-likeness (QED) is 0.353. The maximum absolute atomic E-state index is 13.5. The molecule has 0 spiro atoms. The molecule has 6 heteroatoms. The van der Waals surface area contributed by atoms with Gasteiger partial charge in [-0.1, -0.05) is 45.0 Å². The van der Waals surface area contributed by atoms with Gasteiger partial charge in [-0.3, -0.25) is 4.79 Å². The Hall–Kier alpha value is -3.12. The highest BCUT2D eigenvalue weighted by Gasteiger charge is 2.33. The van der Waals surface area contributed by atoms with Gasteiger partial charge < -0.3 is 14.8 Å². The van der Waals surface area contributed by atoms with Crippen LogP contribution in [-0.4, -0.2) is 25.8 Å². The summed E-state index contributed by atoms with van der Waals surface area (Å²) in [6.07, 6.45) is 4.73. The van der Waals surface area contributed by atoms with Gasteiger partial charge in [-0.25, -0.2) is 4.99 Å². The number of methoxy groups -OCH3 is 1. The number of carbonyl (C=O) groups is 1. The highest BCUT2D eigenvalue weighted by atomic mass is 32.1. The first kappa shape index (κ1) is 25.0. The van der Waals surface area contributed by atoms with Crippen molar-refractivity contribution in [3.63, 3.8) is 0 Å². The molecular weight excluding hydrogens is 456 g/mol. The number of nitrogens with zero attached hydrogens (tertiary/aromatic N) is 1. The molecule has 0 radical (unpaired) electrons. The molecule has 35 heavy (non-hydrogen) atoms. The van der Waals surface area contributed by atoms with Gasteiger partial charge in [0.05, 0.1) is 19.3 Å². The summed E-state index contributed by atoms with van der Waals surface area (Å²) in [6, 6.07) is 15.3. The Balaban J connectivity index is 1.74. The van der Waals surface area contributed by atoms with E-state index in [1.165, 1.54) is 4.88 Å². The smallest absolute Gasteiger partial charge is 0.259 e. The van der Waals surface area contributed by atoms with E-state index in [4.69, 9.17) is 14.5 Å². The predicted molar refractivity (Wildman–Crippen MR) is 145 cm³/mol. The summed E-state index contributed by atoms with van der Waals surface area (Å²) in [6.45, 7) is 9.37. The third-order valence-corrected chi connectivity index (χ3v) is 7.73. The van der Waals surface area contributed by atoms with E-state index in [1.54, 1.807) is 24.7 Å². The minimum atomic E-state index is -0.106. The number of carbonyl (C=O) groups excluding carboxylic acids is 1. The minimum absolute atomic E-state index is 0.106. The summed E-state index contributed by atoms with van der Waals surface area (Å²) in [7, 11) is 1.63. The molecular formula is C29H34N2O3S. The van der Waals surface area contributed by atoms with Gasteiger partial charge in [0.2, 0.25) is 0 Å². The Morgan fingerprint density at radius 3 is 2.63 bits per heavy atom. The first-order chi connectivity index (χ1) is 16.8. The number of rotatable bonds is 7. The number of anilines is 1. The van der Waals surface area contributed by atoms with Crippen molar-refractivity contribution in [3.8, 4) is 11.5 Å². The minimum Gasteiger partial charge on any atom is -0.493 e. The van der Waals surface area contributed by atoms with E-state index in [9.17, 15) is 4.79 Å².